The van der Waals surface area contributed by atoms with Gasteiger partial charge in [0.1, 0.15) is 0 Å². The summed E-state index contributed by atoms with van der Waals surface area (Å²) in [6, 6.07) is 0. The average Bonchev–Trinajstić information content (AvgIpc) is 3.12. The van der Waals surface area contributed by atoms with Crippen LogP contribution in [0.5, 0.6) is 0 Å². The van der Waals surface area contributed by atoms with Gasteiger partial charge in [-0.25, -0.2) is 0 Å². The van der Waals surface area contributed by atoms with Gasteiger partial charge in [-0.3, -0.25) is 0 Å². The molecule has 3 nitrogen and oxygen atoms in total. The highest BCUT2D eigenvalue weighted by atomic mass is 16.5. The third-order valence-electron chi connectivity index (χ3n) is 4.96. The van der Waals surface area contributed by atoms with Crippen LogP contribution in [0.4, 0.5) is 0 Å². The minimum Gasteiger partial charge on any atom is -0.381 e. The van der Waals surface area contributed by atoms with Crippen LogP contribution in [-0.4, -0.2) is 50.5 Å². The summed E-state index contributed by atoms with van der Waals surface area (Å²) >= 11 is 0. The molecule has 0 radical (unpaired) electrons. The SMILES string of the molecule is CC(C)OCC1(CN2CC3CCC(COC3)C2)CC1. The van der Waals surface area contributed by atoms with Crippen LogP contribution in [0.15, 0.2) is 0 Å². The number of hydrogen-bond acceptors (Lipinski definition) is 3. The number of fused-ring (bicyclic) bond motifs is 3. The fourth-order valence-corrected chi connectivity index (χ4v) is 3.60. The number of likely N-dealkylation sites (tertiary alicyclic amines) is 1. The summed E-state index contributed by atoms with van der Waals surface area (Å²) in [7, 11) is 0. The van der Waals surface area contributed by atoms with Crippen molar-refractivity contribution in [2.75, 3.05) is 39.5 Å². The number of nitrogens with zero attached hydrogens (tertiary/aromatic N) is 1. The van der Waals surface area contributed by atoms with Crippen LogP contribution in [0.3, 0.4) is 0 Å². The highest BCUT2D eigenvalue weighted by Crippen LogP contribution is 2.47. The minimum absolute atomic E-state index is 0.370. The summed E-state index contributed by atoms with van der Waals surface area (Å²) in [5.41, 5.74) is 0.490. The van der Waals surface area contributed by atoms with Crippen LogP contribution in [-0.2, 0) is 9.47 Å². The standard InChI is InChI=1S/C16H29NO2/c1-13(2)19-12-16(5-6-16)11-17-7-14-3-4-15(8-17)10-18-9-14/h13-15H,3-12H2,1-2H3. The second-order valence-corrected chi connectivity index (χ2v) is 7.40. The van der Waals surface area contributed by atoms with Gasteiger partial charge in [0.2, 0.25) is 0 Å². The molecular formula is C16H29NO2. The van der Waals surface area contributed by atoms with Crippen molar-refractivity contribution in [1.29, 1.82) is 0 Å². The van der Waals surface area contributed by atoms with Crippen molar-refractivity contribution < 1.29 is 9.47 Å². The smallest absolute Gasteiger partial charge is 0.0538 e. The normalized spacial score (nSPS) is 34.3. The Morgan fingerprint density at radius 1 is 1.16 bits per heavy atom. The largest absolute Gasteiger partial charge is 0.381 e. The van der Waals surface area contributed by atoms with Crippen LogP contribution >= 0.6 is 0 Å². The number of rotatable bonds is 5. The summed E-state index contributed by atoms with van der Waals surface area (Å²) in [6.45, 7) is 11.0. The molecule has 19 heavy (non-hydrogen) atoms. The zero-order chi connectivity index (χ0) is 13.3. The minimum atomic E-state index is 0.370. The topological polar surface area (TPSA) is 21.7 Å². The van der Waals surface area contributed by atoms with E-state index in [1.165, 1.54) is 45.3 Å². The third-order valence-corrected chi connectivity index (χ3v) is 4.96. The lowest BCUT2D eigenvalue weighted by atomic mass is 10.0. The molecule has 0 aromatic rings. The van der Waals surface area contributed by atoms with Crippen molar-refractivity contribution >= 4 is 0 Å². The molecule has 2 heterocycles. The zero-order valence-electron chi connectivity index (χ0n) is 12.6. The molecule has 0 aromatic heterocycles. The van der Waals surface area contributed by atoms with Crippen LogP contribution in [0.25, 0.3) is 0 Å². The second-order valence-electron chi connectivity index (χ2n) is 7.40. The molecule has 3 rings (SSSR count). The van der Waals surface area contributed by atoms with Crippen molar-refractivity contribution in [2.24, 2.45) is 17.3 Å². The summed E-state index contributed by atoms with van der Waals surface area (Å²) in [5.74, 6) is 1.55. The first kappa shape index (κ1) is 13.8. The van der Waals surface area contributed by atoms with Gasteiger partial charge < -0.3 is 14.4 Å². The van der Waals surface area contributed by atoms with Crippen molar-refractivity contribution in [3.8, 4) is 0 Å². The fourth-order valence-electron chi connectivity index (χ4n) is 3.60. The molecule has 3 heteroatoms. The summed E-state index contributed by atoms with van der Waals surface area (Å²) < 4.78 is 11.7. The van der Waals surface area contributed by atoms with E-state index in [1.807, 2.05) is 0 Å². The molecule has 1 aliphatic carbocycles. The van der Waals surface area contributed by atoms with Gasteiger partial charge in [-0.1, -0.05) is 0 Å². The highest BCUT2D eigenvalue weighted by molar-refractivity contribution is 4.97. The molecule has 2 saturated heterocycles. The lowest BCUT2D eigenvalue weighted by Crippen LogP contribution is -2.40. The van der Waals surface area contributed by atoms with E-state index in [4.69, 9.17) is 9.47 Å². The van der Waals surface area contributed by atoms with Crippen molar-refractivity contribution in [3.05, 3.63) is 0 Å². The first-order valence-corrected chi connectivity index (χ1v) is 8.07. The molecule has 2 aliphatic heterocycles. The van der Waals surface area contributed by atoms with Crippen LogP contribution in [0, 0.1) is 17.3 Å². The van der Waals surface area contributed by atoms with Gasteiger partial charge in [0.15, 0.2) is 0 Å². The maximum atomic E-state index is 5.88. The quantitative estimate of drug-likeness (QED) is 0.764. The molecule has 1 saturated carbocycles. The van der Waals surface area contributed by atoms with Gasteiger partial charge in [-0.05, 0) is 51.4 Å². The first-order valence-electron chi connectivity index (χ1n) is 8.07. The molecule has 110 valence electrons. The average molecular weight is 267 g/mol. The Morgan fingerprint density at radius 3 is 2.32 bits per heavy atom. The Balaban J connectivity index is 1.54. The lowest BCUT2D eigenvalue weighted by molar-refractivity contribution is 0.0112. The van der Waals surface area contributed by atoms with Gasteiger partial charge >= 0.3 is 0 Å². The van der Waals surface area contributed by atoms with Gasteiger partial charge in [-0.15, -0.1) is 0 Å². The molecule has 2 atom stereocenters. The third kappa shape index (κ3) is 3.71. The maximum Gasteiger partial charge on any atom is 0.0538 e. The monoisotopic (exact) mass is 267 g/mol. The Morgan fingerprint density at radius 2 is 1.79 bits per heavy atom. The Kier molecular flexibility index (Phi) is 4.16. The molecule has 2 unspecified atom stereocenters. The fraction of sp³-hybridized carbons (Fsp3) is 1.00. The molecule has 3 aliphatic rings. The Bertz CT molecular complexity index is 287. The highest BCUT2D eigenvalue weighted by Gasteiger charge is 2.45. The molecule has 3 fully saturated rings. The predicted octanol–water partition coefficient (Wildman–Crippen LogP) is 2.55. The summed E-state index contributed by atoms with van der Waals surface area (Å²) in [6.07, 6.45) is 5.84. The van der Waals surface area contributed by atoms with Gasteiger partial charge in [0.05, 0.1) is 25.9 Å². The second kappa shape index (κ2) is 5.71. The maximum absolute atomic E-state index is 5.88. The Hall–Kier alpha value is -0.120. The van der Waals surface area contributed by atoms with Crippen LogP contribution < -0.4 is 0 Å². The van der Waals surface area contributed by atoms with Gasteiger partial charge in [0, 0.05) is 25.0 Å². The Labute approximate surface area is 117 Å². The number of hydrogen-bond donors (Lipinski definition) is 0. The zero-order valence-corrected chi connectivity index (χ0v) is 12.6. The lowest BCUT2D eigenvalue weighted by Gasteiger charge is -2.32. The van der Waals surface area contributed by atoms with E-state index in [0.29, 0.717) is 11.5 Å². The predicted molar refractivity (Wildman–Crippen MR) is 76.2 cm³/mol. The van der Waals surface area contributed by atoms with Crippen LogP contribution in [0.2, 0.25) is 0 Å². The van der Waals surface area contributed by atoms with Crippen molar-refractivity contribution in [2.45, 2.75) is 45.6 Å². The summed E-state index contributed by atoms with van der Waals surface area (Å²) in [4.78, 5) is 2.72. The van der Waals surface area contributed by atoms with E-state index >= 15 is 0 Å². The van der Waals surface area contributed by atoms with E-state index in [2.05, 4.69) is 18.7 Å². The van der Waals surface area contributed by atoms with Crippen molar-refractivity contribution in [3.63, 3.8) is 0 Å². The van der Waals surface area contributed by atoms with Gasteiger partial charge in [0.25, 0.3) is 0 Å². The molecule has 2 bridgehead atoms. The summed E-state index contributed by atoms with van der Waals surface area (Å²) in [5, 5.41) is 0. The molecule has 0 spiro atoms. The first-order chi connectivity index (χ1) is 9.15. The molecule has 0 aromatic carbocycles. The van der Waals surface area contributed by atoms with E-state index in [9.17, 15) is 0 Å². The molecular weight excluding hydrogens is 238 g/mol. The van der Waals surface area contributed by atoms with Crippen LogP contribution in [0.1, 0.15) is 39.5 Å². The molecule has 0 N–H and O–H groups in total. The molecule has 0 amide bonds. The number of ether oxygens (including phenoxy) is 2. The van der Waals surface area contributed by atoms with E-state index in [0.717, 1.165) is 31.7 Å². The van der Waals surface area contributed by atoms with Gasteiger partial charge in [-0.2, -0.15) is 0 Å². The van der Waals surface area contributed by atoms with E-state index < -0.39 is 0 Å². The van der Waals surface area contributed by atoms with E-state index in [1.54, 1.807) is 0 Å². The van der Waals surface area contributed by atoms with Crippen molar-refractivity contribution in [1.82, 2.24) is 4.90 Å². The van der Waals surface area contributed by atoms with E-state index in [-0.39, 0.29) is 0 Å².